The predicted molar refractivity (Wildman–Crippen MR) is 86.6 cm³/mol. The molecule has 5 heteroatoms. The molecule has 0 radical (unpaired) electrons. The van der Waals surface area contributed by atoms with Crippen LogP contribution in [0.25, 0.3) is 0 Å². The Morgan fingerprint density at radius 2 is 1.78 bits per heavy atom. The van der Waals surface area contributed by atoms with Crippen molar-refractivity contribution >= 4 is 32.4 Å². The molecule has 0 unspecified atom stereocenters. The molecule has 2 aliphatic rings. The van der Waals surface area contributed by atoms with E-state index in [1.165, 1.54) is 38.5 Å². The van der Waals surface area contributed by atoms with E-state index in [2.05, 4.69) is 40.1 Å². The molecule has 1 nitrogen and oxygen atoms in total. The monoisotopic (exact) mass is 343 g/mol. The van der Waals surface area contributed by atoms with Gasteiger partial charge in [-0.15, -0.1) is 24.8 Å². The molecule has 18 heavy (non-hydrogen) atoms. The van der Waals surface area contributed by atoms with Crippen molar-refractivity contribution < 1.29 is 14.3 Å². The molecule has 0 aromatic heterocycles. The average molecular weight is 344 g/mol. The van der Waals surface area contributed by atoms with Gasteiger partial charge in [0.15, 0.2) is 0 Å². The Kier molecular flexibility index (Phi) is 7.48. The number of allylic oxidation sites excluding steroid dienone is 4. The van der Waals surface area contributed by atoms with Crippen LogP contribution in [0.5, 0.6) is 0 Å². The van der Waals surface area contributed by atoms with Crippen molar-refractivity contribution in [3.8, 4) is 0 Å². The topological polar surface area (TPSA) is 12.0 Å². The van der Waals surface area contributed by atoms with E-state index in [1.54, 1.807) is 3.88 Å². The molecule has 0 atom stereocenters. The van der Waals surface area contributed by atoms with Crippen LogP contribution >= 0.6 is 24.8 Å². The first-order valence-electron chi connectivity index (χ1n) is 6.68. The zero-order valence-corrected chi connectivity index (χ0v) is 16.2. The minimum atomic E-state index is -2.47. The Morgan fingerprint density at radius 1 is 1.17 bits per heavy atom. The van der Waals surface area contributed by atoms with E-state index in [9.17, 15) is 0 Å². The third-order valence-corrected chi connectivity index (χ3v) is 12.7. The average Bonchev–Trinajstić information content (AvgIpc) is 2.71. The Bertz CT molecular complexity index is 392. The number of nitrogens with one attached hydrogen (secondary N) is 1. The Labute approximate surface area is 127 Å². The Balaban J connectivity index is 0.00000144. The second kappa shape index (κ2) is 7.10. The van der Waals surface area contributed by atoms with Crippen molar-refractivity contribution in [3.63, 3.8) is 0 Å². The quantitative estimate of drug-likeness (QED) is 0.767. The van der Waals surface area contributed by atoms with Gasteiger partial charge in [0.25, 0.3) is 0 Å². The molecule has 0 heterocycles. The van der Waals surface area contributed by atoms with Crippen LogP contribution < -0.4 is 3.80 Å². The first kappa shape index (κ1) is 19.0. The standard InChI is InChI=1S/C6H12N.C5H5.2CH3.2ClH.H2Si.Ti/c7-6-4-2-1-3-5-6;1-2-4-5-3-1;;;;;;/h6-7H,1-5H2;1-3H,4H2;2*1H3;2*1H;1H2;/q-1;;;;;;;+1. The molecule has 1 saturated carbocycles. The fraction of sp³-hybridized carbons (Fsp3) is 0.692. The fourth-order valence-electron chi connectivity index (χ4n) is 3.04. The molecule has 0 aliphatic heterocycles. The predicted octanol–water partition coefficient (Wildman–Crippen LogP) is 3.85. The summed E-state index contributed by atoms with van der Waals surface area (Å²) >= 11 is -2.47. The van der Waals surface area contributed by atoms with Crippen molar-refractivity contribution in [2.24, 2.45) is 0 Å². The van der Waals surface area contributed by atoms with Gasteiger partial charge in [-0.05, 0) is 0 Å². The Morgan fingerprint density at radius 3 is 2.28 bits per heavy atom. The maximum atomic E-state index is 4.11. The maximum absolute atomic E-state index is 4.11. The van der Waals surface area contributed by atoms with Crippen molar-refractivity contribution in [3.05, 3.63) is 22.1 Å². The van der Waals surface area contributed by atoms with Gasteiger partial charge in [0.2, 0.25) is 0 Å². The summed E-state index contributed by atoms with van der Waals surface area (Å²) in [6.07, 6.45) is 15.2. The van der Waals surface area contributed by atoms with Crippen LogP contribution in [0.1, 0.15) is 38.5 Å². The van der Waals surface area contributed by atoms with Gasteiger partial charge in [-0.1, -0.05) is 0 Å². The first-order chi connectivity index (χ1) is 7.46. The van der Waals surface area contributed by atoms with E-state index in [-0.39, 0.29) is 24.8 Å². The molecule has 0 aromatic carbocycles. The second-order valence-electron chi connectivity index (χ2n) is 6.49. The van der Waals surface area contributed by atoms with Crippen molar-refractivity contribution in [1.29, 1.82) is 0 Å². The number of halogens is 2. The normalized spacial score (nSPS) is 20.9. The molecular weight excluding hydrogens is 317 g/mol. The molecule has 1 fully saturated rings. The summed E-state index contributed by atoms with van der Waals surface area (Å²) in [7, 11) is 2.30. The number of rotatable bonds is 3. The van der Waals surface area contributed by atoms with E-state index in [0.29, 0.717) is 0 Å². The van der Waals surface area contributed by atoms with E-state index in [0.717, 1.165) is 6.04 Å². The zero-order chi connectivity index (χ0) is 11.7. The van der Waals surface area contributed by atoms with Crippen LogP contribution in [0.2, 0.25) is 10.5 Å². The van der Waals surface area contributed by atoms with Crippen LogP contribution in [0.15, 0.2) is 22.1 Å². The molecule has 2 rings (SSSR count). The van der Waals surface area contributed by atoms with E-state index >= 15 is 0 Å². The molecule has 0 spiro atoms. The molecular formula is C13H27Cl2NSiTi. The van der Waals surface area contributed by atoms with Crippen LogP contribution in [-0.2, 0) is 14.3 Å². The van der Waals surface area contributed by atoms with Gasteiger partial charge < -0.3 is 0 Å². The molecule has 2 aliphatic carbocycles. The van der Waals surface area contributed by atoms with Crippen molar-refractivity contribution in [2.45, 2.75) is 55.0 Å². The van der Waals surface area contributed by atoms with Crippen LogP contribution in [-0.4, -0.2) is 13.7 Å². The van der Waals surface area contributed by atoms with Gasteiger partial charge in [0, 0.05) is 0 Å². The molecule has 0 amide bonds. The van der Waals surface area contributed by atoms with Crippen molar-refractivity contribution in [1.82, 2.24) is 3.80 Å². The number of hydrogen-bond donors (Lipinski definition) is 1. The van der Waals surface area contributed by atoms with Gasteiger partial charge >= 0.3 is 103 Å². The summed E-state index contributed by atoms with van der Waals surface area (Å²) in [5.74, 6) is 0. The van der Waals surface area contributed by atoms with Gasteiger partial charge in [-0.25, -0.2) is 0 Å². The van der Waals surface area contributed by atoms with E-state index < -0.39 is 14.3 Å². The summed E-state index contributed by atoms with van der Waals surface area (Å²) in [4.78, 5) is 0. The molecule has 1 N–H and O–H groups in total. The summed E-state index contributed by atoms with van der Waals surface area (Å²) in [5.41, 5.74) is 0. The second-order valence-corrected chi connectivity index (χ2v) is 25.1. The summed E-state index contributed by atoms with van der Waals surface area (Å²) in [5, 5.41) is 5.09. The van der Waals surface area contributed by atoms with E-state index in [1.807, 2.05) is 0 Å². The van der Waals surface area contributed by atoms with Gasteiger partial charge in [-0.2, -0.15) is 0 Å². The van der Waals surface area contributed by atoms with Crippen LogP contribution in [0, 0.1) is 0 Å². The van der Waals surface area contributed by atoms with Crippen molar-refractivity contribution in [2.75, 3.05) is 0 Å². The third-order valence-electron chi connectivity index (χ3n) is 4.07. The fourth-order valence-corrected chi connectivity index (χ4v) is 10.3. The van der Waals surface area contributed by atoms with E-state index in [4.69, 9.17) is 0 Å². The minimum absolute atomic E-state index is 0. The SMILES string of the molecule is Cl.Cl.[CH3][Ti]([CH3])(=[SiH2])([NH]C1CCCCC1)[C]1=CC=CC1. The van der Waals surface area contributed by atoms with Crippen LogP contribution in [0.3, 0.4) is 0 Å². The van der Waals surface area contributed by atoms with Gasteiger partial charge in [0.05, 0.1) is 0 Å². The van der Waals surface area contributed by atoms with Gasteiger partial charge in [0.1, 0.15) is 0 Å². The van der Waals surface area contributed by atoms with Gasteiger partial charge in [-0.3, -0.25) is 0 Å². The zero-order valence-electron chi connectivity index (χ0n) is 11.6. The molecule has 0 aromatic rings. The van der Waals surface area contributed by atoms with Crippen LogP contribution in [0.4, 0.5) is 0 Å². The molecule has 106 valence electrons. The first-order valence-corrected chi connectivity index (χ1v) is 15.4. The Hall–Kier alpha value is 0.951. The summed E-state index contributed by atoms with van der Waals surface area (Å²) < 4.78 is 5.83. The summed E-state index contributed by atoms with van der Waals surface area (Å²) in [6.45, 7) is 0. The summed E-state index contributed by atoms with van der Waals surface area (Å²) in [6, 6.07) is 0.805. The third kappa shape index (κ3) is 4.81. The molecule has 0 saturated heterocycles. The molecule has 0 bridgehead atoms. The number of hydrogen-bond acceptors (Lipinski definition) is 1.